The predicted octanol–water partition coefficient (Wildman–Crippen LogP) is 0.430. The summed E-state index contributed by atoms with van der Waals surface area (Å²) in [4.78, 5) is 24.1. The van der Waals surface area contributed by atoms with Crippen molar-refractivity contribution in [1.29, 1.82) is 0 Å². The zero-order valence-corrected chi connectivity index (χ0v) is 13.4. The van der Waals surface area contributed by atoms with E-state index in [9.17, 15) is 9.59 Å². The lowest BCUT2D eigenvalue weighted by atomic mass is 10.0. The summed E-state index contributed by atoms with van der Waals surface area (Å²) in [6, 6.07) is 4.95. The maximum Gasteiger partial charge on any atom is 0.267 e. The zero-order chi connectivity index (χ0) is 17.5. The minimum Gasteiger partial charge on any atom is -0.481 e. The Morgan fingerprint density at radius 2 is 2.04 bits per heavy atom. The largest absolute Gasteiger partial charge is 0.481 e. The van der Waals surface area contributed by atoms with E-state index in [4.69, 9.17) is 15.7 Å². The van der Waals surface area contributed by atoms with Gasteiger partial charge in [-0.25, -0.2) is 5.48 Å². The number of nitrogens with two attached hydrogens (primary N) is 1. The molecule has 0 saturated heterocycles. The van der Waals surface area contributed by atoms with E-state index < -0.39 is 23.9 Å². The Morgan fingerprint density at radius 3 is 2.58 bits per heavy atom. The molecule has 1 aliphatic carbocycles. The molecule has 128 valence electrons. The normalized spacial score (nSPS) is 15.5. The van der Waals surface area contributed by atoms with E-state index in [1.54, 1.807) is 36.7 Å². The van der Waals surface area contributed by atoms with Crippen molar-refractivity contribution in [3.05, 3.63) is 29.8 Å². The van der Waals surface area contributed by atoms with Gasteiger partial charge >= 0.3 is 0 Å². The van der Waals surface area contributed by atoms with Gasteiger partial charge in [-0.3, -0.25) is 14.8 Å². The SMILES string of the molecule is CC#CCOc1ccc(C(=O)NC(C(=O)NO)C(N)C2CC2)cc1. The minimum absolute atomic E-state index is 0.183. The fourth-order valence-electron chi connectivity index (χ4n) is 2.28. The van der Waals surface area contributed by atoms with Gasteiger partial charge in [-0.1, -0.05) is 5.92 Å². The van der Waals surface area contributed by atoms with E-state index in [1.807, 2.05) is 0 Å². The number of amides is 2. The molecule has 2 rings (SSSR count). The quantitative estimate of drug-likeness (QED) is 0.329. The molecule has 0 aliphatic heterocycles. The van der Waals surface area contributed by atoms with Crippen molar-refractivity contribution in [1.82, 2.24) is 10.8 Å². The van der Waals surface area contributed by atoms with Crippen LogP contribution in [0.4, 0.5) is 0 Å². The summed E-state index contributed by atoms with van der Waals surface area (Å²) in [5.41, 5.74) is 7.92. The van der Waals surface area contributed by atoms with E-state index in [-0.39, 0.29) is 12.5 Å². The smallest absolute Gasteiger partial charge is 0.267 e. The maximum absolute atomic E-state index is 12.3. The number of benzene rings is 1. The Kier molecular flexibility index (Phi) is 6.18. The van der Waals surface area contributed by atoms with E-state index in [0.29, 0.717) is 11.3 Å². The van der Waals surface area contributed by atoms with Gasteiger partial charge in [-0.15, -0.1) is 5.92 Å². The molecule has 0 aromatic heterocycles. The van der Waals surface area contributed by atoms with Crippen LogP contribution in [-0.2, 0) is 4.79 Å². The third kappa shape index (κ3) is 4.72. The first-order valence-electron chi connectivity index (χ1n) is 7.69. The molecule has 0 radical (unpaired) electrons. The molecule has 7 heteroatoms. The third-order valence-corrected chi connectivity index (χ3v) is 3.83. The van der Waals surface area contributed by atoms with Crippen molar-refractivity contribution in [2.45, 2.75) is 31.8 Å². The highest BCUT2D eigenvalue weighted by molar-refractivity contribution is 5.97. The van der Waals surface area contributed by atoms with Gasteiger partial charge in [0, 0.05) is 11.6 Å². The molecule has 0 heterocycles. The fourth-order valence-corrected chi connectivity index (χ4v) is 2.28. The van der Waals surface area contributed by atoms with Crippen molar-refractivity contribution in [3.63, 3.8) is 0 Å². The number of carbonyl (C=O) groups excluding carboxylic acids is 2. The molecule has 2 unspecified atom stereocenters. The van der Waals surface area contributed by atoms with Crippen molar-refractivity contribution in [3.8, 4) is 17.6 Å². The van der Waals surface area contributed by atoms with Crippen molar-refractivity contribution in [2.24, 2.45) is 11.7 Å². The van der Waals surface area contributed by atoms with Gasteiger partial charge in [0.05, 0.1) is 0 Å². The molecule has 1 aliphatic rings. The lowest BCUT2D eigenvalue weighted by molar-refractivity contribution is -0.131. The number of hydroxylamine groups is 1. The Balaban J connectivity index is 2.00. The zero-order valence-electron chi connectivity index (χ0n) is 13.4. The number of hydrogen-bond acceptors (Lipinski definition) is 5. The summed E-state index contributed by atoms with van der Waals surface area (Å²) in [5, 5.41) is 11.4. The second-order valence-electron chi connectivity index (χ2n) is 5.58. The van der Waals surface area contributed by atoms with E-state index in [0.717, 1.165) is 12.8 Å². The molecular formula is C17H21N3O4. The van der Waals surface area contributed by atoms with Crippen molar-refractivity contribution in [2.75, 3.05) is 6.61 Å². The average molecular weight is 331 g/mol. The molecule has 1 aromatic rings. The van der Waals surface area contributed by atoms with Crippen LogP contribution in [0.3, 0.4) is 0 Å². The summed E-state index contributed by atoms with van der Waals surface area (Å²) in [6.07, 6.45) is 1.83. The molecule has 0 spiro atoms. The second kappa shape index (κ2) is 8.34. The van der Waals surface area contributed by atoms with Crippen LogP contribution in [0.15, 0.2) is 24.3 Å². The van der Waals surface area contributed by atoms with Crippen LogP contribution in [-0.4, -0.2) is 35.7 Å². The average Bonchev–Trinajstić information content (AvgIpc) is 3.44. The van der Waals surface area contributed by atoms with Gasteiger partial charge in [0.1, 0.15) is 18.4 Å². The van der Waals surface area contributed by atoms with Crippen LogP contribution in [0.25, 0.3) is 0 Å². The molecule has 1 aromatic carbocycles. The van der Waals surface area contributed by atoms with Crippen LogP contribution in [0, 0.1) is 17.8 Å². The fraction of sp³-hybridized carbons (Fsp3) is 0.412. The molecule has 1 saturated carbocycles. The molecular weight excluding hydrogens is 310 g/mol. The van der Waals surface area contributed by atoms with Gasteiger partial charge in [-0.05, 0) is 49.9 Å². The van der Waals surface area contributed by atoms with Gasteiger partial charge in [0.25, 0.3) is 11.8 Å². The van der Waals surface area contributed by atoms with Crippen LogP contribution < -0.4 is 21.3 Å². The summed E-state index contributed by atoms with van der Waals surface area (Å²) in [6.45, 7) is 2.00. The lowest BCUT2D eigenvalue weighted by Gasteiger charge is -2.23. The summed E-state index contributed by atoms with van der Waals surface area (Å²) in [5.74, 6) is 5.10. The first-order chi connectivity index (χ1) is 11.6. The van der Waals surface area contributed by atoms with E-state index in [1.165, 1.54) is 0 Å². The molecule has 24 heavy (non-hydrogen) atoms. The monoisotopic (exact) mass is 331 g/mol. The Hall–Kier alpha value is -2.56. The highest BCUT2D eigenvalue weighted by atomic mass is 16.5. The van der Waals surface area contributed by atoms with Crippen LogP contribution >= 0.6 is 0 Å². The molecule has 2 atom stereocenters. The van der Waals surface area contributed by atoms with Gasteiger partial charge in [0.2, 0.25) is 0 Å². The number of rotatable bonds is 7. The Morgan fingerprint density at radius 1 is 1.38 bits per heavy atom. The standard InChI is InChI=1S/C17H21N3O4/c1-2-3-10-24-13-8-6-12(7-9-13)16(21)19-15(17(22)20-23)14(18)11-4-5-11/h6-9,11,14-15,23H,4-5,10,18H2,1H3,(H,19,21)(H,20,22). The van der Waals surface area contributed by atoms with Gasteiger partial charge < -0.3 is 15.8 Å². The summed E-state index contributed by atoms with van der Waals surface area (Å²) >= 11 is 0. The number of hydrogen-bond donors (Lipinski definition) is 4. The van der Waals surface area contributed by atoms with E-state index >= 15 is 0 Å². The van der Waals surface area contributed by atoms with Gasteiger partial charge in [0.15, 0.2) is 0 Å². The minimum atomic E-state index is -0.981. The first kappa shape index (κ1) is 17.8. The Labute approximate surface area is 140 Å². The molecule has 5 N–H and O–H groups in total. The number of carbonyl (C=O) groups is 2. The Bertz CT molecular complexity index is 644. The number of ether oxygens (including phenoxy) is 1. The van der Waals surface area contributed by atoms with Crippen molar-refractivity contribution < 1.29 is 19.5 Å². The molecule has 7 nitrogen and oxygen atoms in total. The van der Waals surface area contributed by atoms with Gasteiger partial charge in [-0.2, -0.15) is 0 Å². The van der Waals surface area contributed by atoms with Crippen LogP contribution in [0.1, 0.15) is 30.1 Å². The van der Waals surface area contributed by atoms with Crippen LogP contribution in [0.5, 0.6) is 5.75 Å². The summed E-state index contributed by atoms with van der Waals surface area (Å²) < 4.78 is 5.37. The first-order valence-corrected chi connectivity index (χ1v) is 7.69. The third-order valence-electron chi connectivity index (χ3n) is 3.83. The van der Waals surface area contributed by atoms with Crippen LogP contribution in [0.2, 0.25) is 0 Å². The molecule has 0 bridgehead atoms. The maximum atomic E-state index is 12.3. The summed E-state index contributed by atoms with van der Waals surface area (Å²) in [7, 11) is 0. The highest BCUT2D eigenvalue weighted by Gasteiger charge is 2.38. The second-order valence-corrected chi connectivity index (χ2v) is 5.58. The highest BCUT2D eigenvalue weighted by Crippen LogP contribution is 2.33. The molecule has 2 amide bonds. The molecule has 1 fully saturated rings. The van der Waals surface area contributed by atoms with E-state index in [2.05, 4.69) is 17.2 Å². The van der Waals surface area contributed by atoms with Crippen molar-refractivity contribution >= 4 is 11.8 Å². The topological polar surface area (TPSA) is 114 Å². The number of nitrogens with one attached hydrogen (secondary N) is 2. The predicted molar refractivity (Wildman–Crippen MR) is 87.3 cm³/mol. The lowest BCUT2D eigenvalue weighted by Crippen LogP contribution is -2.56.